The molecule has 1 heterocycles. The van der Waals surface area contributed by atoms with Gasteiger partial charge in [-0.15, -0.1) is 10.2 Å². The van der Waals surface area contributed by atoms with Crippen LogP contribution >= 0.6 is 23.4 Å². The number of benzene rings is 2. The van der Waals surface area contributed by atoms with E-state index in [0.29, 0.717) is 17.4 Å². The molecule has 0 aliphatic carbocycles. The Morgan fingerprint density at radius 2 is 2.00 bits per heavy atom. The second-order valence-electron chi connectivity index (χ2n) is 5.97. The summed E-state index contributed by atoms with van der Waals surface area (Å²) in [6, 6.07) is 10.4. The van der Waals surface area contributed by atoms with E-state index >= 15 is 0 Å². The molecule has 3 rings (SSSR count). The first kappa shape index (κ1) is 18.7. The first-order valence-corrected chi connectivity index (χ1v) is 9.46. The lowest BCUT2D eigenvalue weighted by molar-refractivity contribution is 0.288. The minimum atomic E-state index is -0.340. The number of hydrogen-bond acceptors (Lipinski definition) is 4. The number of nitrogens with zero attached hydrogens (tertiary/aromatic N) is 3. The maximum atomic E-state index is 13.1. The van der Waals surface area contributed by atoms with Crippen molar-refractivity contribution in [3.05, 3.63) is 69.8 Å². The molecule has 0 saturated heterocycles. The van der Waals surface area contributed by atoms with E-state index in [1.165, 1.54) is 29.5 Å². The van der Waals surface area contributed by atoms with E-state index in [0.717, 1.165) is 27.9 Å². The largest absolute Gasteiger partial charge is 0.485 e. The quantitative estimate of drug-likeness (QED) is 0.548. The minimum Gasteiger partial charge on any atom is -0.485 e. The maximum Gasteiger partial charge on any atom is 0.191 e. The van der Waals surface area contributed by atoms with Crippen molar-refractivity contribution in [1.29, 1.82) is 0 Å². The van der Waals surface area contributed by atoms with E-state index in [4.69, 9.17) is 16.3 Å². The number of aromatic nitrogens is 3. The Bertz CT molecular complexity index is 929. The highest BCUT2D eigenvalue weighted by Gasteiger charge is 2.12. The SMILES string of the molecule is Cc1cccc(OCc2nnc(SCc3ccc(F)cc3Cl)n2C)c1C. The van der Waals surface area contributed by atoms with Crippen LogP contribution in [0.1, 0.15) is 22.5 Å². The molecule has 0 radical (unpaired) electrons. The standard InChI is InChI=1S/C19H19ClFN3OS/c1-12-5-4-6-17(13(12)2)25-10-18-22-23-19(24(18)3)26-11-14-7-8-15(21)9-16(14)20/h4-9H,10-11H2,1-3H3. The third-order valence-corrected chi connectivity index (χ3v) is 5.63. The van der Waals surface area contributed by atoms with Gasteiger partial charge < -0.3 is 9.30 Å². The lowest BCUT2D eigenvalue weighted by atomic mass is 10.1. The van der Waals surface area contributed by atoms with Crippen molar-refractivity contribution < 1.29 is 9.13 Å². The van der Waals surface area contributed by atoms with Gasteiger partial charge in [-0.2, -0.15) is 0 Å². The van der Waals surface area contributed by atoms with Crippen LogP contribution in [0.4, 0.5) is 4.39 Å². The maximum absolute atomic E-state index is 13.1. The molecule has 7 heteroatoms. The molecule has 0 unspecified atom stereocenters. The Hall–Kier alpha value is -2.05. The first-order chi connectivity index (χ1) is 12.5. The number of ether oxygens (including phenoxy) is 1. The van der Waals surface area contributed by atoms with E-state index in [-0.39, 0.29) is 5.82 Å². The van der Waals surface area contributed by atoms with Crippen molar-refractivity contribution in [2.45, 2.75) is 31.4 Å². The van der Waals surface area contributed by atoms with Gasteiger partial charge in [0.2, 0.25) is 0 Å². The van der Waals surface area contributed by atoms with E-state index < -0.39 is 0 Å². The summed E-state index contributed by atoms with van der Waals surface area (Å²) in [6.45, 7) is 4.43. The zero-order valence-corrected chi connectivity index (χ0v) is 16.4. The molecule has 1 aromatic heterocycles. The van der Waals surface area contributed by atoms with E-state index in [1.807, 2.05) is 30.7 Å². The fourth-order valence-electron chi connectivity index (χ4n) is 2.40. The van der Waals surface area contributed by atoms with Crippen LogP contribution in [0.15, 0.2) is 41.6 Å². The Morgan fingerprint density at radius 1 is 1.19 bits per heavy atom. The number of halogens is 2. The van der Waals surface area contributed by atoms with Crippen LogP contribution in [0.2, 0.25) is 5.02 Å². The third kappa shape index (κ3) is 4.19. The van der Waals surface area contributed by atoms with Gasteiger partial charge in [-0.05, 0) is 48.7 Å². The molecule has 0 bridgehead atoms. The molecule has 136 valence electrons. The second kappa shape index (κ2) is 8.10. The van der Waals surface area contributed by atoms with Gasteiger partial charge in [-0.3, -0.25) is 0 Å². The van der Waals surface area contributed by atoms with Gasteiger partial charge in [0, 0.05) is 17.8 Å². The molecule has 0 fully saturated rings. The Labute approximate surface area is 161 Å². The van der Waals surface area contributed by atoms with Gasteiger partial charge in [-0.25, -0.2) is 4.39 Å². The molecule has 0 atom stereocenters. The fourth-order valence-corrected chi connectivity index (χ4v) is 3.65. The Morgan fingerprint density at radius 3 is 2.77 bits per heavy atom. The molecule has 0 aliphatic rings. The molecule has 0 aliphatic heterocycles. The average Bonchev–Trinajstić information content (AvgIpc) is 2.95. The highest BCUT2D eigenvalue weighted by molar-refractivity contribution is 7.98. The van der Waals surface area contributed by atoms with Crippen LogP contribution in [0.3, 0.4) is 0 Å². The minimum absolute atomic E-state index is 0.339. The van der Waals surface area contributed by atoms with Crippen LogP contribution in [-0.2, 0) is 19.4 Å². The summed E-state index contributed by atoms with van der Waals surface area (Å²) < 4.78 is 20.9. The average molecular weight is 392 g/mol. The summed E-state index contributed by atoms with van der Waals surface area (Å²) >= 11 is 7.56. The topological polar surface area (TPSA) is 39.9 Å². The van der Waals surface area contributed by atoms with Crippen LogP contribution in [0.5, 0.6) is 5.75 Å². The zero-order chi connectivity index (χ0) is 18.7. The van der Waals surface area contributed by atoms with Crippen molar-refractivity contribution in [1.82, 2.24) is 14.8 Å². The van der Waals surface area contributed by atoms with Crippen molar-refractivity contribution in [3.8, 4) is 5.75 Å². The van der Waals surface area contributed by atoms with E-state index in [9.17, 15) is 4.39 Å². The van der Waals surface area contributed by atoms with Crippen molar-refractivity contribution >= 4 is 23.4 Å². The summed E-state index contributed by atoms with van der Waals surface area (Å²) in [5.41, 5.74) is 3.16. The smallest absolute Gasteiger partial charge is 0.191 e. The molecular weight excluding hydrogens is 373 g/mol. The van der Waals surface area contributed by atoms with Crippen molar-refractivity contribution in [3.63, 3.8) is 0 Å². The molecule has 2 aromatic carbocycles. The molecule has 0 N–H and O–H groups in total. The van der Waals surface area contributed by atoms with Gasteiger partial charge in [0.25, 0.3) is 0 Å². The fraction of sp³-hybridized carbons (Fsp3) is 0.263. The van der Waals surface area contributed by atoms with Crippen LogP contribution in [-0.4, -0.2) is 14.8 Å². The highest BCUT2D eigenvalue weighted by atomic mass is 35.5. The monoisotopic (exact) mass is 391 g/mol. The van der Waals surface area contributed by atoms with E-state index in [2.05, 4.69) is 23.2 Å². The van der Waals surface area contributed by atoms with Gasteiger partial charge in [0.15, 0.2) is 11.0 Å². The summed E-state index contributed by atoms with van der Waals surface area (Å²) in [4.78, 5) is 0. The Kier molecular flexibility index (Phi) is 5.84. The van der Waals surface area contributed by atoms with E-state index in [1.54, 1.807) is 6.07 Å². The Balaban J connectivity index is 1.65. The lowest BCUT2D eigenvalue weighted by Gasteiger charge is -2.10. The lowest BCUT2D eigenvalue weighted by Crippen LogP contribution is -2.05. The summed E-state index contributed by atoms with van der Waals surface area (Å²) in [6.07, 6.45) is 0. The molecule has 4 nitrogen and oxygen atoms in total. The van der Waals surface area contributed by atoms with Gasteiger partial charge in [-0.1, -0.05) is 41.6 Å². The number of aryl methyl sites for hydroxylation is 1. The van der Waals surface area contributed by atoms with Crippen LogP contribution < -0.4 is 4.74 Å². The molecule has 26 heavy (non-hydrogen) atoms. The van der Waals surface area contributed by atoms with Crippen molar-refractivity contribution in [2.75, 3.05) is 0 Å². The normalized spacial score (nSPS) is 11.0. The zero-order valence-electron chi connectivity index (χ0n) is 14.8. The van der Waals surface area contributed by atoms with Crippen molar-refractivity contribution in [2.24, 2.45) is 7.05 Å². The highest BCUT2D eigenvalue weighted by Crippen LogP contribution is 2.27. The van der Waals surface area contributed by atoms with Crippen LogP contribution in [0, 0.1) is 19.7 Å². The van der Waals surface area contributed by atoms with Crippen LogP contribution in [0.25, 0.3) is 0 Å². The molecule has 3 aromatic rings. The first-order valence-electron chi connectivity index (χ1n) is 8.09. The molecule has 0 spiro atoms. The van der Waals surface area contributed by atoms with Gasteiger partial charge >= 0.3 is 0 Å². The number of hydrogen-bond donors (Lipinski definition) is 0. The predicted octanol–water partition coefficient (Wildman–Crippen LogP) is 5.10. The number of thioether (sulfide) groups is 1. The summed E-state index contributed by atoms with van der Waals surface area (Å²) in [5, 5.41) is 9.58. The number of rotatable bonds is 6. The summed E-state index contributed by atoms with van der Waals surface area (Å²) in [7, 11) is 1.90. The molecular formula is C19H19ClFN3OS. The molecule has 0 saturated carbocycles. The molecule has 0 amide bonds. The second-order valence-corrected chi connectivity index (χ2v) is 7.32. The third-order valence-electron chi connectivity index (χ3n) is 4.21. The predicted molar refractivity (Wildman–Crippen MR) is 102 cm³/mol. The summed E-state index contributed by atoms with van der Waals surface area (Å²) in [5.74, 6) is 1.83. The van der Waals surface area contributed by atoms with Gasteiger partial charge in [0.05, 0.1) is 0 Å². The van der Waals surface area contributed by atoms with Gasteiger partial charge in [0.1, 0.15) is 18.2 Å².